The summed E-state index contributed by atoms with van der Waals surface area (Å²) in [5.74, 6) is -0.619. The lowest BCUT2D eigenvalue weighted by atomic mass is 9.99. The van der Waals surface area contributed by atoms with Crippen molar-refractivity contribution < 1.29 is 27.5 Å². The van der Waals surface area contributed by atoms with Crippen molar-refractivity contribution in [3.63, 3.8) is 0 Å². The largest absolute Gasteiger partial charge is 0.497 e. The number of amides is 1. The lowest BCUT2D eigenvalue weighted by molar-refractivity contribution is -0.116. The smallest absolute Gasteiger partial charge is 0.244 e. The molecule has 3 aromatic carbocycles. The van der Waals surface area contributed by atoms with Crippen molar-refractivity contribution >= 4 is 22.4 Å². The molecule has 7 heteroatoms. The van der Waals surface area contributed by atoms with Crippen LogP contribution in [0.3, 0.4) is 0 Å². The Bertz CT molecular complexity index is 1350. The monoisotopic (exact) mass is 463 g/mol. The molecule has 0 spiro atoms. The first-order valence-corrected chi connectivity index (χ1v) is 10.5. The molecule has 174 valence electrons. The predicted octanol–water partition coefficient (Wildman–Crippen LogP) is 6.11. The van der Waals surface area contributed by atoms with Crippen LogP contribution in [0.1, 0.15) is 18.1 Å². The first-order valence-electron chi connectivity index (χ1n) is 10.5. The third-order valence-corrected chi connectivity index (χ3v) is 5.57. The summed E-state index contributed by atoms with van der Waals surface area (Å²) in [6.07, 6.45) is 3.04. The van der Waals surface area contributed by atoms with E-state index in [1.54, 1.807) is 26.4 Å². The number of allylic oxidation sites excluding steroid dienone is 1. The highest BCUT2D eigenvalue weighted by atomic mass is 19.1. The molecule has 0 aliphatic rings. The number of halogens is 2. The van der Waals surface area contributed by atoms with Gasteiger partial charge in [-0.25, -0.2) is 8.78 Å². The fourth-order valence-corrected chi connectivity index (χ4v) is 3.73. The molecular weight excluding hydrogens is 440 g/mol. The van der Waals surface area contributed by atoms with Crippen LogP contribution in [0.2, 0.25) is 0 Å². The number of rotatable bonds is 7. The van der Waals surface area contributed by atoms with Gasteiger partial charge in [-0.15, -0.1) is 0 Å². The zero-order valence-corrected chi connectivity index (χ0v) is 18.9. The first kappa shape index (κ1) is 23.0. The van der Waals surface area contributed by atoms with Crippen molar-refractivity contribution in [3.8, 4) is 22.6 Å². The lowest BCUT2D eigenvalue weighted by Gasteiger charge is -2.11. The topological polar surface area (TPSA) is 60.7 Å². The van der Waals surface area contributed by atoms with Crippen LogP contribution in [-0.2, 0) is 11.3 Å². The quantitative estimate of drug-likeness (QED) is 0.336. The van der Waals surface area contributed by atoms with E-state index in [1.165, 1.54) is 19.3 Å². The Kier molecular flexibility index (Phi) is 6.63. The Morgan fingerprint density at radius 3 is 2.38 bits per heavy atom. The summed E-state index contributed by atoms with van der Waals surface area (Å²) in [5.41, 5.74) is 3.59. The Labute approximate surface area is 195 Å². The molecule has 1 amide bonds. The molecule has 1 N–H and O–H groups in total. The van der Waals surface area contributed by atoms with Gasteiger partial charge in [-0.05, 0) is 48.4 Å². The average Bonchev–Trinajstić information content (AvgIpc) is 3.25. The molecule has 0 unspecified atom stereocenters. The maximum absolute atomic E-state index is 13.8. The molecule has 0 fully saturated rings. The molecule has 1 heterocycles. The zero-order valence-electron chi connectivity index (χ0n) is 18.9. The van der Waals surface area contributed by atoms with E-state index in [-0.39, 0.29) is 12.1 Å². The number of methoxy groups -OCH3 is 2. The summed E-state index contributed by atoms with van der Waals surface area (Å²) >= 11 is 0. The van der Waals surface area contributed by atoms with E-state index in [1.807, 2.05) is 30.3 Å². The molecule has 0 atom stereocenters. The standard InChI is InChI=1S/C27H23F2NO4/c1-16(11-27(31)30-14-21-23(28)5-4-6-24(21)29)19-12-20-22(15-34-26(20)13-25(19)33-3)17-7-9-18(32-2)10-8-17/h4-13,15H,14H2,1-3H3,(H,30,31)/b16-11+. The molecule has 5 nitrogen and oxygen atoms in total. The number of carbonyl (C=O) groups excluding carboxylic acids is 1. The first-order chi connectivity index (χ1) is 16.4. The third-order valence-electron chi connectivity index (χ3n) is 5.57. The van der Waals surface area contributed by atoms with Crippen LogP contribution in [0.5, 0.6) is 11.5 Å². The molecule has 4 rings (SSSR count). The van der Waals surface area contributed by atoms with E-state index in [0.717, 1.165) is 34.4 Å². The lowest BCUT2D eigenvalue weighted by Crippen LogP contribution is -2.22. The number of furan rings is 1. The minimum Gasteiger partial charge on any atom is -0.497 e. The number of hydrogen-bond acceptors (Lipinski definition) is 4. The zero-order chi connectivity index (χ0) is 24.2. The van der Waals surface area contributed by atoms with E-state index < -0.39 is 17.5 Å². The van der Waals surface area contributed by atoms with Crippen LogP contribution in [0.25, 0.3) is 27.7 Å². The Hall–Kier alpha value is -4.13. The minimum absolute atomic E-state index is 0.191. The highest BCUT2D eigenvalue weighted by Gasteiger charge is 2.15. The number of hydrogen-bond donors (Lipinski definition) is 1. The molecule has 1 aromatic heterocycles. The van der Waals surface area contributed by atoms with Gasteiger partial charge >= 0.3 is 0 Å². The van der Waals surface area contributed by atoms with Gasteiger partial charge in [0.15, 0.2) is 0 Å². The second-order valence-electron chi connectivity index (χ2n) is 7.67. The van der Waals surface area contributed by atoms with Crippen molar-refractivity contribution in [2.75, 3.05) is 14.2 Å². The fourth-order valence-electron chi connectivity index (χ4n) is 3.73. The summed E-state index contributed by atoms with van der Waals surface area (Å²) in [6.45, 7) is 1.50. The minimum atomic E-state index is -0.709. The summed E-state index contributed by atoms with van der Waals surface area (Å²) in [4.78, 5) is 12.5. The van der Waals surface area contributed by atoms with Gasteiger partial charge in [0, 0.05) is 40.8 Å². The predicted molar refractivity (Wildman–Crippen MR) is 127 cm³/mol. The van der Waals surface area contributed by atoms with Crippen molar-refractivity contribution in [2.45, 2.75) is 13.5 Å². The van der Waals surface area contributed by atoms with E-state index in [0.29, 0.717) is 22.5 Å². The van der Waals surface area contributed by atoms with Crippen molar-refractivity contribution in [2.24, 2.45) is 0 Å². The molecule has 0 aliphatic carbocycles. The molecule has 0 bridgehead atoms. The summed E-state index contributed by atoms with van der Waals surface area (Å²) in [7, 11) is 3.14. The molecular formula is C27H23F2NO4. The van der Waals surface area contributed by atoms with Gasteiger partial charge in [0.1, 0.15) is 28.7 Å². The SMILES string of the molecule is COc1ccc(-c2coc3cc(OC)c(/C(C)=C/C(=O)NCc4c(F)cccc4F)cc23)cc1. The van der Waals surface area contributed by atoms with E-state index in [2.05, 4.69) is 5.32 Å². The third kappa shape index (κ3) is 4.64. The Balaban J connectivity index is 1.63. The van der Waals surface area contributed by atoms with E-state index in [9.17, 15) is 13.6 Å². The van der Waals surface area contributed by atoms with Crippen molar-refractivity contribution in [3.05, 3.63) is 89.7 Å². The van der Waals surface area contributed by atoms with Crippen LogP contribution in [0, 0.1) is 11.6 Å². The summed E-state index contributed by atoms with van der Waals surface area (Å²) in [6, 6.07) is 14.8. The molecule has 34 heavy (non-hydrogen) atoms. The number of carbonyl (C=O) groups is 1. The number of benzene rings is 3. The van der Waals surface area contributed by atoms with Gasteiger partial charge in [0.2, 0.25) is 5.91 Å². The number of fused-ring (bicyclic) bond motifs is 1. The highest BCUT2D eigenvalue weighted by Crippen LogP contribution is 2.37. The van der Waals surface area contributed by atoms with Crippen LogP contribution in [0.15, 0.2) is 71.4 Å². The van der Waals surface area contributed by atoms with Gasteiger partial charge in [0.25, 0.3) is 0 Å². The fraction of sp³-hybridized carbons (Fsp3) is 0.148. The van der Waals surface area contributed by atoms with Crippen LogP contribution < -0.4 is 14.8 Å². The second kappa shape index (κ2) is 9.79. The average molecular weight is 463 g/mol. The van der Waals surface area contributed by atoms with Crippen molar-refractivity contribution in [1.82, 2.24) is 5.32 Å². The summed E-state index contributed by atoms with van der Waals surface area (Å²) < 4.78 is 44.1. The van der Waals surface area contributed by atoms with E-state index >= 15 is 0 Å². The van der Waals surface area contributed by atoms with Crippen LogP contribution >= 0.6 is 0 Å². The van der Waals surface area contributed by atoms with Crippen molar-refractivity contribution in [1.29, 1.82) is 0 Å². The molecule has 0 aliphatic heterocycles. The number of ether oxygens (including phenoxy) is 2. The Morgan fingerprint density at radius 2 is 1.74 bits per heavy atom. The van der Waals surface area contributed by atoms with Crippen LogP contribution in [0.4, 0.5) is 8.78 Å². The normalized spacial score (nSPS) is 11.5. The van der Waals surface area contributed by atoms with Gasteiger partial charge in [-0.3, -0.25) is 4.79 Å². The van der Waals surface area contributed by atoms with Gasteiger partial charge in [-0.2, -0.15) is 0 Å². The van der Waals surface area contributed by atoms with Crippen LogP contribution in [-0.4, -0.2) is 20.1 Å². The number of nitrogens with one attached hydrogen (secondary N) is 1. The maximum atomic E-state index is 13.8. The maximum Gasteiger partial charge on any atom is 0.244 e. The highest BCUT2D eigenvalue weighted by molar-refractivity contribution is 6.00. The Morgan fingerprint density at radius 1 is 1.03 bits per heavy atom. The van der Waals surface area contributed by atoms with E-state index in [4.69, 9.17) is 13.9 Å². The van der Waals surface area contributed by atoms with Gasteiger partial charge in [-0.1, -0.05) is 18.2 Å². The summed E-state index contributed by atoms with van der Waals surface area (Å²) in [5, 5.41) is 3.38. The molecule has 0 radical (unpaired) electrons. The van der Waals surface area contributed by atoms with Gasteiger partial charge < -0.3 is 19.2 Å². The molecule has 4 aromatic rings. The second-order valence-corrected chi connectivity index (χ2v) is 7.67. The molecule has 0 saturated carbocycles. The molecule has 0 saturated heterocycles. The van der Waals surface area contributed by atoms with Gasteiger partial charge in [0.05, 0.1) is 20.5 Å².